The van der Waals surface area contributed by atoms with Crippen molar-refractivity contribution >= 4 is 0 Å². The van der Waals surface area contributed by atoms with Crippen LogP contribution in [0.1, 0.15) is 5.56 Å². The number of benzene rings is 1. The highest BCUT2D eigenvalue weighted by atomic mass is 19.4. The average Bonchev–Trinajstić information content (AvgIpc) is 2.18. The molecular formula is C9H4F5NO. The molecule has 0 unspecified atom stereocenters. The fraction of sp³-hybridized carbons (Fsp3) is 0.222. The molecule has 0 aliphatic carbocycles. The number of hydrogen-bond donors (Lipinski definition) is 0. The van der Waals surface area contributed by atoms with Gasteiger partial charge in [0.05, 0.1) is 5.56 Å². The second-order valence-corrected chi connectivity index (χ2v) is 2.78. The van der Waals surface area contributed by atoms with Gasteiger partial charge in [-0.25, -0.2) is 8.78 Å². The Kier molecular flexibility index (Phi) is 3.32. The van der Waals surface area contributed by atoms with Crippen molar-refractivity contribution in [2.75, 3.05) is 6.61 Å². The van der Waals surface area contributed by atoms with E-state index in [1.165, 1.54) is 6.07 Å². The number of halogens is 5. The molecule has 0 amide bonds. The van der Waals surface area contributed by atoms with Crippen molar-refractivity contribution in [2.45, 2.75) is 6.18 Å². The van der Waals surface area contributed by atoms with Crippen LogP contribution < -0.4 is 4.74 Å². The number of ether oxygens (including phenoxy) is 1. The smallest absolute Gasteiger partial charge is 0.422 e. The van der Waals surface area contributed by atoms with Crippen LogP contribution in [0.5, 0.6) is 5.75 Å². The van der Waals surface area contributed by atoms with Crippen LogP contribution >= 0.6 is 0 Å². The average molecular weight is 237 g/mol. The number of nitrogens with zero attached hydrogens (tertiary/aromatic N) is 1. The lowest BCUT2D eigenvalue weighted by Gasteiger charge is -2.10. The SMILES string of the molecule is N#Cc1cc(F)c(F)cc1OCC(F)(F)F. The highest BCUT2D eigenvalue weighted by molar-refractivity contribution is 5.43. The minimum absolute atomic E-state index is 0.402. The van der Waals surface area contributed by atoms with Crippen molar-refractivity contribution in [3.05, 3.63) is 29.3 Å². The third-order valence-electron chi connectivity index (χ3n) is 1.53. The molecule has 0 bridgehead atoms. The molecule has 0 N–H and O–H groups in total. The zero-order valence-corrected chi connectivity index (χ0v) is 7.61. The minimum Gasteiger partial charge on any atom is -0.483 e. The lowest BCUT2D eigenvalue weighted by molar-refractivity contribution is -0.153. The van der Waals surface area contributed by atoms with Crippen molar-refractivity contribution in [2.24, 2.45) is 0 Å². The first-order valence-corrected chi connectivity index (χ1v) is 3.92. The molecule has 0 radical (unpaired) electrons. The van der Waals surface area contributed by atoms with E-state index in [1.54, 1.807) is 0 Å². The van der Waals surface area contributed by atoms with Crippen molar-refractivity contribution in [1.82, 2.24) is 0 Å². The molecule has 1 rings (SSSR count). The van der Waals surface area contributed by atoms with Crippen LogP contribution in [-0.4, -0.2) is 12.8 Å². The fourth-order valence-electron chi connectivity index (χ4n) is 0.895. The van der Waals surface area contributed by atoms with Gasteiger partial charge in [-0.1, -0.05) is 0 Å². The van der Waals surface area contributed by atoms with E-state index in [9.17, 15) is 22.0 Å². The van der Waals surface area contributed by atoms with E-state index in [0.29, 0.717) is 12.1 Å². The van der Waals surface area contributed by atoms with Crippen LogP contribution in [0, 0.1) is 23.0 Å². The molecule has 0 saturated carbocycles. The zero-order valence-electron chi connectivity index (χ0n) is 7.61. The molecule has 0 aliphatic heterocycles. The van der Waals surface area contributed by atoms with Crippen LogP contribution in [0.25, 0.3) is 0 Å². The maximum absolute atomic E-state index is 12.7. The summed E-state index contributed by atoms with van der Waals surface area (Å²) in [5.74, 6) is -3.34. The molecule has 0 spiro atoms. The van der Waals surface area contributed by atoms with E-state index < -0.39 is 35.7 Å². The van der Waals surface area contributed by atoms with Crippen LogP contribution in [0.3, 0.4) is 0 Å². The van der Waals surface area contributed by atoms with Gasteiger partial charge in [-0.05, 0) is 6.07 Å². The minimum atomic E-state index is -4.61. The van der Waals surface area contributed by atoms with E-state index in [4.69, 9.17) is 5.26 Å². The highest BCUT2D eigenvalue weighted by Crippen LogP contribution is 2.24. The first-order chi connectivity index (χ1) is 7.33. The maximum atomic E-state index is 12.7. The van der Waals surface area contributed by atoms with E-state index in [1.807, 2.05) is 0 Å². The van der Waals surface area contributed by atoms with Crippen LogP contribution in [0.4, 0.5) is 22.0 Å². The van der Waals surface area contributed by atoms with Crippen LogP contribution in [-0.2, 0) is 0 Å². The fourth-order valence-corrected chi connectivity index (χ4v) is 0.895. The number of nitriles is 1. The van der Waals surface area contributed by atoms with E-state index in [0.717, 1.165) is 0 Å². The Bertz CT molecular complexity index is 435. The van der Waals surface area contributed by atoms with E-state index in [-0.39, 0.29) is 0 Å². The van der Waals surface area contributed by atoms with Gasteiger partial charge in [0.1, 0.15) is 11.8 Å². The van der Waals surface area contributed by atoms with Crippen molar-refractivity contribution < 1.29 is 26.7 Å². The topological polar surface area (TPSA) is 33.0 Å². The summed E-state index contributed by atoms with van der Waals surface area (Å²) < 4.78 is 64.8. The molecule has 86 valence electrons. The maximum Gasteiger partial charge on any atom is 0.422 e. The van der Waals surface area contributed by atoms with Gasteiger partial charge >= 0.3 is 6.18 Å². The molecule has 0 aromatic heterocycles. The third kappa shape index (κ3) is 3.08. The molecule has 0 atom stereocenters. The Hall–Kier alpha value is -1.84. The molecule has 0 fully saturated rings. The third-order valence-corrected chi connectivity index (χ3v) is 1.53. The summed E-state index contributed by atoms with van der Waals surface area (Å²) in [5, 5.41) is 8.46. The van der Waals surface area contributed by atoms with Crippen molar-refractivity contribution in [3.8, 4) is 11.8 Å². The zero-order chi connectivity index (χ0) is 12.3. The molecule has 0 saturated heterocycles. The molecule has 16 heavy (non-hydrogen) atoms. The lowest BCUT2D eigenvalue weighted by atomic mass is 10.2. The quantitative estimate of drug-likeness (QED) is 0.741. The Morgan fingerprint density at radius 2 is 1.75 bits per heavy atom. The summed E-state index contributed by atoms with van der Waals surface area (Å²) >= 11 is 0. The molecule has 1 aromatic rings. The Labute approximate surface area is 86.9 Å². The second kappa shape index (κ2) is 4.35. The predicted octanol–water partition coefficient (Wildman–Crippen LogP) is 2.78. The molecular weight excluding hydrogens is 233 g/mol. The summed E-state index contributed by atoms with van der Waals surface area (Å²) in [5.41, 5.74) is -0.497. The van der Waals surface area contributed by atoms with Gasteiger partial charge in [-0.15, -0.1) is 0 Å². The molecule has 1 aromatic carbocycles. The van der Waals surface area contributed by atoms with E-state index in [2.05, 4.69) is 4.74 Å². The molecule has 2 nitrogen and oxygen atoms in total. The monoisotopic (exact) mass is 237 g/mol. The number of hydrogen-bond acceptors (Lipinski definition) is 2. The van der Waals surface area contributed by atoms with Crippen LogP contribution in [0.15, 0.2) is 12.1 Å². The first kappa shape index (κ1) is 12.2. The van der Waals surface area contributed by atoms with Gasteiger partial charge in [0.25, 0.3) is 0 Å². The van der Waals surface area contributed by atoms with Gasteiger partial charge in [0.15, 0.2) is 18.2 Å². The number of alkyl halides is 3. The largest absolute Gasteiger partial charge is 0.483 e. The summed E-state index contributed by atoms with van der Waals surface area (Å²) in [6.07, 6.45) is -4.61. The van der Waals surface area contributed by atoms with Gasteiger partial charge in [-0.3, -0.25) is 0 Å². The van der Waals surface area contributed by atoms with Gasteiger partial charge in [-0.2, -0.15) is 18.4 Å². The normalized spacial score (nSPS) is 11.0. The van der Waals surface area contributed by atoms with Crippen molar-refractivity contribution in [3.63, 3.8) is 0 Å². The van der Waals surface area contributed by atoms with Gasteiger partial charge < -0.3 is 4.74 Å². The summed E-state index contributed by atoms with van der Waals surface area (Å²) in [6, 6.07) is 2.28. The molecule has 0 heterocycles. The Morgan fingerprint density at radius 3 is 2.25 bits per heavy atom. The lowest BCUT2D eigenvalue weighted by Crippen LogP contribution is -2.19. The Morgan fingerprint density at radius 1 is 1.19 bits per heavy atom. The second-order valence-electron chi connectivity index (χ2n) is 2.78. The van der Waals surface area contributed by atoms with Crippen LogP contribution in [0.2, 0.25) is 0 Å². The summed E-state index contributed by atoms with van der Waals surface area (Å²) in [4.78, 5) is 0. The van der Waals surface area contributed by atoms with Crippen molar-refractivity contribution in [1.29, 1.82) is 5.26 Å². The molecule has 0 aliphatic rings. The van der Waals surface area contributed by atoms with Gasteiger partial charge in [0, 0.05) is 6.07 Å². The first-order valence-electron chi connectivity index (χ1n) is 3.92. The Balaban J connectivity index is 2.96. The summed E-state index contributed by atoms with van der Waals surface area (Å²) in [6.45, 7) is -1.67. The van der Waals surface area contributed by atoms with E-state index >= 15 is 0 Å². The highest BCUT2D eigenvalue weighted by Gasteiger charge is 2.29. The predicted molar refractivity (Wildman–Crippen MR) is 42.6 cm³/mol. The molecule has 7 heteroatoms. The number of rotatable bonds is 2. The summed E-state index contributed by atoms with van der Waals surface area (Å²) in [7, 11) is 0. The van der Waals surface area contributed by atoms with Gasteiger partial charge in [0.2, 0.25) is 0 Å². The standard InChI is InChI=1S/C9H4F5NO/c10-6-1-5(3-15)8(2-7(6)11)16-4-9(12,13)14/h1-2H,4H2.